The summed E-state index contributed by atoms with van der Waals surface area (Å²) in [5.74, 6) is 0.759. The number of carbonyl (C=O) groups excluding carboxylic acids is 2. The summed E-state index contributed by atoms with van der Waals surface area (Å²) >= 11 is 5.95. The molecule has 1 amide bonds. The average Bonchev–Trinajstić information content (AvgIpc) is 2.78. The fourth-order valence-electron chi connectivity index (χ4n) is 2.61. The first-order valence-corrected chi connectivity index (χ1v) is 10.1. The Morgan fingerprint density at radius 1 is 1.06 bits per heavy atom. The van der Waals surface area contributed by atoms with Crippen LogP contribution in [0.1, 0.15) is 13.8 Å². The lowest BCUT2D eigenvalue weighted by Gasteiger charge is -2.18. The first-order valence-electron chi connectivity index (χ1n) is 9.73. The lowest BCUT2D eigenvalue weighted by molar-refractivity contribution is -0.155. The topological polar surface area (TPSA) is 109 Å². The Hall–Kier alpha value is -3.59. The van der Waals surface area contributed by atoms with E-state index >= 15 is 0 Å². The van der Waals surface area contributed by atoms with Crippen LogP contribution in [0, 0.1) is 0 Å². The number of hydrogen-bond acceptors (Lipinski definition) is 8. The number of alkyl carbamates (subject to hydrolysis) is 1. The molecule has 0 aliphatic heterocycles. The number of methoxy groups -OCH3 is 1. The van der Waals surface area contributed by atoms with Crippen molar-refractivity contribution in [3.8, 4) is 17.4 Å². The van der Waals surface area contributed by atoms with Crippen LogP contribution in [-0.4, -0.2) is 47.9 Å². The van der Waals surface area contributed by atoms with Gasteiger partial charge in [-0.05, 0) is 56.3 Å². The van der Waals surface area contributed by atoms with Gasteiger partial charge in [0.15, 0.2) is 6.10 Å². The maximum absolute atomic E-state index is 12.2. The highest BCUT2D eigenvalue weighted by molar-refractivity contribution is 6.31. The van der Waals surface area contributed by atoms with Gasteiger partial charge in [0.25, 0.3) is 0 Å². The van der Waals surface area contributed by atoms with E-state index in [0.717, 1.165) is 0 Å². The van der Waals surface area contributed by atoms with Crippen molar-refractivity contribution >= 4 is 34.7 Å². The Morgan fingerprint density at radius 2 is 1.78 bits per heavy atom. The monoisotopic (exact) mass is 459 g/mol. The zero-order valence-corrected chi connectivity index (χ0v) is 18.5. The summed E-state index contributed by atoms with van der Waals surface area (Å²) in [5.41, 5.74) is 1.33. The summed E-state index contributed by atoms with van der Waals surface area (Å²) in [6.45, 7) is 3.35. The molecule has 0 saturated carbocycles. The van der Waals surface area contributed by atoms with Crippen LogP contribution in [0.15, 0.2) is 48.7 Å². The molecule has 32 heavy (non-hydrogen) atoms. The molecule has 3 rings (SSSR count). The lowest BCUT2D eigenvalue weighted by Crippen LogP contribution is -2.36. The van der Waals surface area contributed by atoms with Gasteiger partial charge in [0.05, 0.1) is 30.9 Å². The van der Waals surface area contributed by atoms with Crippen LogP contribution in [-0.2, 0) is 14.3 Å². The van der Waals surface area contributed by atoms with E-state index in [2.05, 4.69) is 20.0 Å². The number of hydrogen-bond donors (Lipinski definition) is 1. The third-order valence-corrected chi connectivity index (χ3v) is 4.44. The maximum atomic E-state index is 12.2. The van der Waals surface area contributed by atoms with Crippen LogP contribution in [0.25, 0.3) is 11.0 Å². The van der Waals surface area contributed by atoms with Crippen molar-refractivity contribution in [2.24, 2.45) is 0 Å². The molecular formula is C22H22ClN3O6. The van der Waals surface area contributed by atoms with Crippen molar-refractivity contribution in [2.45, 2.75) is 26.1 Å². The fourth-order valence-corrected chi connectivity index (χ4v) is 2.78. The Bertz CT molecular complexity index is 1090. The molecule has 0 bridgehead atoms. The van der Waals surface area contributed by atoms with E-state index < -0.39 is 24.3 Å². The number of carbonyl (C=O) groups is 2. The number of halogens is 1. The molecule has 1 aromatic heterocycles. The van der Waals surface area contributed by atoms with Crippen LogP contribution in [0.3, 0.4) is 0 Å². The highest BCUT2D eigenvalue weighted by atomic mass is 35.5. The molecule has 0 saturated heterocycles. The first-order chi connectivity index (χ1) is 15.3. The van der Waals surface area contributed by atoms with Crippen LogP contribution in [0.2, 0.25) is 5.02 Å². The molecule has 1 heterocycles. The highest BCUT2D eigenvalue weighted by Crippen LogP contribution is 2.25. The second kappa shape index (κ2) is 10.6. The molecule has 168 valence electrons. The average molecular weight is 460 g/mol. The molecule has 10 heteroatoms. The third kappa shape index (κ3) is 6.45. The predicted molar refractivity (Wildman–Crippen MR) is 117 cm³/mol. The first kappa shape index (κ1) is 23.1. The zero-order chi connectivity index (χ0) is 23.1. The van der Waals surface area contributed by atoms with E-state index in [1.54, 1.807) is 56.3 Å². The Balaban J connectivity index is 1.53. The largest absolute Gasteiger partial charge is 0.479 e. The molecule has 2 atom stereocenters. The van der Waals surface area contributed by atoms with E-state index in [0.29, 0.717) is 33.4 Å². The van der Waals surface area contributed by atoms with Gasteiger partial charge in [-0.25, -0.2) is 19.6 Å². The summed E-state index contributed by atoms with van der Waals surface area (Å²) in [6.07, 6.45) is -0.473. The van der Waals surface area contributed by atoms with Crippen LogP contribution in [0.5, 0.6) is 17.4 Å². The highest BCUT2D eigenvalue weighted by Gasteiger charge is 2.19. The number of benzene rings is 2. The van der Waals surface area contributed by atoms with Gasteiger partial charge in [-0.3, -0.25) is 0 Å². The number of amides is 1. The van der Waals surface area contributed by atoms with E-state index in [1.165, 1.54) is 13.3 Å². The van der Waals surface area contributed by atoms with Gasteiger partial charge in [0.1, 0.15) is 17.6 Å². The van der Waals surface area contributed by atoms with Gasteiger partial charge in [0, 0.05) is 5.02 Å². The summed E-state index contributed by atoms with van der Waals surface area (Å²) in [7, 11) is 1.25. The molecule has 9 nitrogen and oxygen atoms in total. The summed E-state index contributed by atoms with van der Waals surface area (Å²) in [6, 6.07) is 11.9. The van der Waals surface area contributed by atoms with Gasteiger partial charge in [-0.15, -0.1) is 0 Å². The minimum atomic E-state index is -0.847. The summed E-state index contributed by atoms with van der Waals surface area (Å²) in [5, 5.41) is 3.04. The van der Waals surface area contributed by atoms with Gasteiger partial charge in [0.2, 0.25) is 5.88 Å². The number of nitrogens with zero attached hydrogens (tertiary/aromatic N) is 2. The molecule has 0 fully saturated rings. The van der Waals surface area contributed by atoms with Gasteiger partial charge in [-0.2, -0.15) is 0 Å². The minimum Gasteiger partial charge on any atom is -0.479 e. The second-order valence-corrected chi connectivity index (χ2v) is 7.23. The molecule has 0 spiro atoms. The van der Waals surface area contributed by atoms with Gasteiger partial charge >= 0.3 is 12.1 Å². The summed E-state index contributed by atoms with van der Waals surface area (Å²) < 4.78 is 21.1. The second-order valence-electron chi connectivity index (χ2n) is 6.79. The van der Waals surface area contributed by atoms with E-state index in [-0.39, 0.29) is 6.54 Å². The quantitative estimate of drug-likeness (QED) is 0.501. The number of ether oxygens (including phenoxy) is 4. The van der Waals surface area contributed by atoms with Crippen molar-refractivity contribution in [3.63, 3.8) is 0 Å². The van der Waals surface area contributed by atoms with Crippen LogP contribution >= 0.6 is 11.6 Å². The predicted octanol–water partition coefficient (Wildman–Crippen LogP) is 4.13. The lowest BCUT2D eigenvalue weighted by atomic mass is 10.3. The van der Waals surface area contributed by atoms with E-state index in [4.69, 9.17) is 25.8 Å². The van der Waals surface area contributed by atoms with Crippen molar-refractivity contribution < 1.29 is 28.5 Å². The van der Waals surface area contributed by atoms with Crippen molar-refractivity contribution in [1.29, 1.82) is 0 Å². The van der Waals surface area contributed by atoms with Gasteiger partial charge < -0.3 is 24.3 Å². The van der Waals surface area contributed by atoms with Crippen LogP contribution < -0.4 is 14.8 Å². The molecular weight excluding hydrogens is 438 g/mol. The number of rotatable bonds is 8. The number of nitrogens with one attached hydrogen (secondary N) is 1. The molecule has 2 aromatic carbocycles. The zero-order valence-electron chi connectivity index (χ0n) is 17.7. The molecule has 1 unspecified atom stereocenters. The number of fused-ring (bicyclic) bond motifs is 1. The third-order valence-electron chi connectivity index (χ3n) is 4.21. The SMILES string of the molecule is COC(=O)NCC(C)OC(=O)[C@@H](C)Oc1ccc(Oc2cnc3cc(Cl)ccc3n2)cc1. The minimum absolute atomic E-state index is 0.127. The van der Waals surface area contributed by atoms with Crippen molar-refractivity contribution in [2.75, 3.05) is 13.7 Å². The standard InChI is InChI=1S/C22H22ClN3O6/c1-13(11-25-22(28)29-3)30-21(27)14(2)31-16-5-7-17(8-6-16)32-20-12-24-19-10-15(23)4-9-18(19)26-20/h4-10,12-14H,11H2,1-3H3,(H,25,28)/t13?,14-/m1/s1. The van der Waals surface area contributed by atoms with Gasteiger partial charge in [-0.1, -0.05) is 11.6 Å². The summed E-state index contributed by atoms with van der Waals surface area (Å²) in [4.78, 5) is 31.9. The molecule has 3 aromatic rings. The Kier molecular flexibility index (Phi) is 7.67. The number of esters is 1. The molecule has 1 N–H and O–H groups in total. The van der Waals surface area contributed by atoms with E-state index in [1.807, 2.05) is 0 Å². The maximum Gasteiger partial charge on any atom is 0.406 e. The van der Waals surface area contributed by atoms with Crippen molar-refractivity contribution in [1.82, 2.24) is 15.3 Å². The smallest absolute Gasteiger partial charge is 0.406 e. The molecule has 0 aliphatic rings. The number of aromatic nitrogens is 2. The normalized spacial score (nSPS) is 12.5. The Morgan fingerprint density at radius 3 is 2.50 bits per heavy atom. The van der Waals surface area contributed by atoms with E-state index in [9.17, 15) is 9.59 Å². The molecule has 0 radical (unpaired) electrons. The van der Waals surface area contributed by atoms with Crippen molar-refractivity contribution in [3.05, 3.63) is 53.7 Å². The van der Waals surface area contributed by atoms with Crippen LogP contribution in [0.4, 0.5) is 4.79 Å². The molecule has 0 aliphatic carbocycles. The fraction of sp³-hybridized carbons (Fsp3) is 0.273. The Labute approximate surface area is 189 Å².